The Hall–Kier alpha value is -0.630. The Bertz CT molecular complexity index is 151. The third kappa shape index (κ3) is 2.42. The van der Waals surface area contributed by atoms with Crippen LogP contribution in [0.4, 0.5) is 0 Å². The Morgan fingerprint density at radius 2 is 2.44 bits per heavy atom. The van der Waals surface area contributed by atoms with Gasteiger partial charge in [0, 0.05) is 0 Å². The van der Waals surface area contributed by atoms with Crippen LogP contribution in [0.25, 0.3) is 0 Å². The average Bonchev–Trinajstić information content (AvgIpc) is 1.90. The van der Waals surface area contributed by atoms with E-state index in [4.69, 9.17) is 11.6 Å². The van der Waals surface area contributed by atoms with Crippen molar-refractivity contribution in [1.29, 1.82) is 0 Å². The number of hydrogen-bond donors (Lipinski definition) is 0. The van der Waals surface area contributed by atoms with E-state index >= 15 is 0 Å². The monoisotopic (exact) mass is 145 g/mol. The van der Waals surface area contributed by atoms with Gasteiger partial charge in [-0.25, -0.2) is 0 Å². The second-order valence-electron chi connectivity index (χ2n) is 1.47. The molecule has 0 saturated carbocycles. The summed E-state index contributed by atoms with van der Waals surface area (Å²) in [7, 11) is 0. The summed E-state index contributed by atoms with van der Waals surface area (Å²) in [4.78, 5) is 9.78. The molecule has 0 aliphatic carbocycles. The molecule has 0 aliphatic heterocycles. The molecule has 9 heavy (non-hydrogen) atoms. The van der Waals surface area contributed by atoms with Gasteiger partial charge in [0.2, 0.25) is 0 Å². The van der Waals surface area contributed by atoms with Crippen molar-refractivity contribution in [3.05, 3.63) is 28.3 Å². The number of rotatable bonds is 3. The maximum Gasteiger partial charge on any atom is 0.176 e. The van der Waals surface area contributed by atoms with Gasteiger partial charge in [0.05, 0.1) is 0 Å². The molecule has 0 aliphatic rings. The van der Waals surface area contributed by atoms with E-state index in [2.05, 4.69) is 11.8 Å². The lowest BCUT2D eigenvalue weighted by Crippen LogP contribution is -1.75. The minimum Gasteiger partial charge on any atom is -0.144 e. The fraction of sp³-hybridized carbons (Fsp3) is 0.333. The molecule has 0 heterocycles. The van der Waals surface area contributed by atoms with Crippen molar-refractivity contribution in [2.75, 3.05) is 0 Å². The Morgan fingerprint density at radius 3 is 2.56 bits per heavy atom. The van der Waals surface area contributed by atoms with Crippen LogP contribution in [-0.2, 0) is 0 Å². The van der Waals surface area contributed by atoms with Gasteiger partial charge in [-0.1, -0.05) is 31.2 Å². The van der Waals surface area contributed by atoms with Crippen LogP contribution < -0.4 is 0 Å². The van der Waals surface area contributed by atoms with E-state index in [-0.39, 0.29) is 5.16 Å². The highest BCUT2D eigenvalue weighted by Crippen LogP contribution is 2.13. The molecule has 0 aromatic carbocycles. The van der Waals surface area contributed by atoms with Crippen LogP contribution >= 0.6 is 11.6 Å². The topological polar surface area (TPSA) is 29.4 Å². The molecule has 0 aromatic rings. The van der Waals surface area contributed by atoms with Crippen LogP contribution in [0.5, 0.6) is 0 Å². The maximum atomic E-state index is 9.78. The Balaban J connectivity index is 4.36. The van der Waals surface area contributed by atoms with Crippen molar-refractivity contribution in [2.45, 2.75) is 13.3 Å². The maximum absolute atomic E-state index is 9.78. The SMILES string of the molecule is C=C/C(CC)=C(\Cl)N=O. The van der Waals surface area contributed by atoms with Gasteiger partial charge in [0.1, 0.15) is 0 Å². The lowest BCUT2D eigenvalue weighted by molar-refractivity contribution is 1.13. The molecule has 0 N–H and O–H groups in total. The molecule has 3 heteroatoms. The molecule has 0 unspecified atom stereocenters. The van der Waals surface area contributed by atoms with Crippen LogP contribution in [0.2, 0.25) is 0 Å². The lowest BCUT2D eigenvalue weighted by atomic mass is 10.2. The number of nitroso groups, excluding NO2 is 1. The molecule has 0 spiro atoms. The first kappa shape index (κ1) is 8.37. The van der Waals surface area contributed by atoms with E-state index in [0.717, 1.165) is 0 Å². The molecule has 0 atom stereocenters. The summed E-state index contributed by atoms with van der Waals surface area (Å²) in [5.41, 5.74) is 0.687. The van der Waals surface area contributed by atoms with Crippen LogP contribution in [0.1, 0.15) is 13.3 Å². The van der Waals surface area contributed by atoms with E-state index in [1.54, 1.807) is 0 Å². The van der Waals surface area contributed by atoms with Crippen molar-refractivity contribution in [3.8, 4) is 0 Å². The molecule has 0 bridgehead atoms. The fourth-order valence-electron chi connectivity index (χ4n) is 0.433. The van der Waals surface area contributed by atoms with Gasteiger partial charge in [-0.3, -0.25) is 0 Å². The molecule has 50 valence electrons. The molecule has 0 saturated heterocycles. The number of allylic oxidation sites excluding steroid dienone is 2. The van der Waals surface area contributed by atoms with Gasteiger partial charge in [0.25, 0.3) is 0 Å². The highest BCUT2D eigenvalue weighted by Gasteiger charge is 1.95. The summed E-state index contributed by atoms with van der Waals surface area (Å²) in [5.74, 6) is 0. The number of halogens is 1. The van der Waals surface area contributed by atoms with Gasteiger partial charge in [0.15, 0.2) is 5.16 Å². The van der Waals surface area contributed by atoms with Gasteiger partial charge in [-0.05, 0) is 17.2 Å². The molecular formula is C6H8ClNO. The third-order valence-electron chi connectivity index (χ3n) is 0.972. The smallest absolute Gasteiger partial charge is 0.144 e. The molecule has 0 amide bonds. The quantitative estimate of drug-likeness (QED) is 0.341. The van der Waals surface area contributed by atoms with Gasteiger partial charge in [-0.15, -0.1) is 4.91 Å². The molecule has 0 radical (unpaired) electrons. The van der Waals surface area contributed by atoms with E-state index in [9.17, 15) is 4.91 Å². The lowest BCUT2D eigenvalue weighted by Gasteiger charge is -1.92. The van der Waals surface area contributed by atoms with Crippen LogP contribution in [0, 0.1) is 4.91 Å². The van der Waals surface area contributed by atoms with Gasteiger partial charge < -0.3 is 0 Å². The van der Waals surface area contributed by atoms with E-state index in [1.165, 1.54) is 6.08 Å². The van der Waals surface area contributed by atoms with Gasteiger partial charge >= 0.3 is 0 Å². The first-order valence-corrected chi connectivity index (χ1v) is 2.98. The molecule has 0 rings (SSSR count). The standard InChI is InChI=1S/C6H8ClNO/c1-3-5(4-2)6(7)8-9/h3H,1,4H2,2H3/b6-5-. The number of hydrogen-bond acceptors (Lipinski definition) is 2. The molecule has 2 nitrogen and oxygen atoms in total. The van der Waals surface area contributed by atoms with E-state index in [1.807, 2.05) is 6.92 Å². The van der Waals surface area contributed by atoms with Crippen molar-refractivity contribution in [1.82, 2.24) is 0 Å². The van der Waals surface area contributed by atoms with Crippen molar-refractivity contribution < 1.29 is 0 Å². The Labute approximate surface area is 59.2 Å². The van der Waals surface area contributed by atoms with Crippen LogP contribution in [-0.4, -0.2) is 0 Å². The third-order valence-corrected chi connectivity index (χ3v) is 1.28. The van der Waals surface area contributed by atoms with Crippen LogP contribution in [0.15, 0.2) is 28.6 Å². The van der Waals surface area contributed by atoms with Gasteiger partial charge in [-0.2, -0.15) is 0 Å². The minimum atomic E-state index is 0.00694. The molecular weight excluding hydrogens is 138 g/mol. The summed E-state index contributed by atoms with van der Waals surface area (Å²) in [6.07, 6.45) is 2.22. The second kappa shape index (κ2) is 4.27. The predicted octanol–water partition coefficient (Wildman–Crippen LogP) is 2.80. The van der Waals surface area contributed by atoms with Crippen molar-refractivity contribution in [3.63, 3.8) is 0 Å². The fourth-order valence-corrected chi connectivity index (χ4v) is 0.644. The molecule has 0 aromatic heterocycles. The average molecular weight is 146 g/mol. The number of nitrogens with zero attached hydrogens (tertiary/aromatic N) is 1. The zero-order chi connectivity index (χ0) is 7.28. The van der Waals surface area contributed by atoms with Crippen LogP contribution in [0.3, 0.4) is 0 Å². The molecule has 0 fully saturated rings. The zero-order valence-corrected chi connectivity index (χ0v) is 5.98. The highest BCUT2D eigenvalue weighted by atomic mass is 35.5. The first-order valence-electron chi connectivity index (χ1n) is 2.60. The first-order chi connectivity index (χ1) is 4.26. The largest absolute Gasteiger partial charge is 0.176 e. The van der Waals surface area contributed by atoms with Crippen molar-refractivity contribution >= 4 is 11.6 Å². The summed E-state index contributed by atoms with van der Waals surface area (Å²) < 4.78 is 0. The normalized spacial score (nSPS) is 12.2. The Kier molecular flexibility index (Phi) is 3.97. The predicted molar refractivity (Wildman–Crippen MR) is 39.2 cm³/mol. The summed E-state index contributed by atoms with van der Waals surface area (Å²) in [6.45, 7) is 5.34. The zero-order valence-electron chi connectivity index (χ0n) is 5.22. The summed E-state index contributed by atoms with van der Waals surface area (Å²) in [6, 6.07) is 0. The Morgan fingerprint density at radius 1 is 1.89 bits per heavy atom. The second-order valence-corrected chi connectivity index (χ2v) is 1.82. The highest BCUT2D eigenvalue weighted by molar-refractivity contribution is 6.29. The van der Waals surface area contributed by atoms with E-state index < -0.39 is 0 Å². The van der Waals surface area contributed by atoms with E-state index in [0.29, 0.717) is 12.0 Å². The van der Waals surface area contributed by atoms with Crippen molar-refractivity contribution in [2.24, 2.45) is 5.18 Å². The minimum absolute atomic E-state index is 0.00694. The summed E-state index contributed by atoms with van der Waals surface area (Å²) >= 11 is 5.36. The summed E-state index contributed by atoms with van der Waals surface area (Å²) in [5, 5.41) is 2.56.